The quantitative estimate of drug-likeness (QED) is 0.736. The molecule has 0 unspecified atom stereocenters. The van der Waals surface area contributed by atoms with E-state index in [2.05, 4.69) is 36.5 Å². The first-order chi connectivity index (χ1) is 9.38. The van der Waals surface area contributed by atoms with Crippen molar-refractivity contribution in [1.29, 1.82) is 0 Å². The predicted molar refractivity (Wildman–Crippen MR) is 81.3 cm³/mol. The van der Waals surface area contributed by atoms with E-state index < -0.39 is 0 Å². The highest BCUT2D eigenvalue weighted by Gasteiger charge is 2.00. The number of hydrogen-bond donors (Lipinski definition) is 1. The van der Waals surface area contributed by atoms with E-state index >= 15 is 0 Å². The summed E-state index contributed by atoms with van der Waals surface area (Å²) in [5.74, 6) is 0. The van der Waals surface area contributed by atoms with Crippen molar-refractivity contribution in [2.75, 3.05) is 6.54 Å². The van der Waals surface area contributed by atoms with Gasteiger partial charge in [0.1, 0.15) is 0 Å². The van der Waals surface area contributed by atoms with Crippen LogP contribution in [-0.4, -0.2) is 6.54 Å². The van der Waals surface area contributed by atoms with E-state index in [1.807, 2.05) is 29.5 Å². The molecule has 0 aliphatic heterocycles. The molecule has 1 heterocycles. The van der Waals surface area contributed by atoms with Crippen molar-refractivity contribution < 1.29 is 4.74 Å². The zero-order valence-electron chi connectivity index (χ0n) is 11.4. The fourth-order valence-corrected chi connectivity index (χ4v) is 2.75. The summed E-state index contributed by atoms with van der Waals surface area (Å²) < 4.78 is 5.73. The monoisotopic (exact) mass is 275 g/mol. The van der Waals surface area contributed by atoms with Crippen LogP contribution in [0.2, 0.25) is 0 Å². The summed E-state index contributed by atoms with van der Waals surface area (Å²) in [7, 11) is 0. The highest BCUT2D eigenvalue weighted by molar-refractivity contribution is 7.11. The van der Waals surface area contributed by atoms with Gasteiger partial charge in [0.2, 0.25) is 0 Å². The first-order valence-electron chi connectivity index (χ1n) is 6.78. The van der Waals surface area contributed by atoms with Gasteiger partial charge in [0, 0.05) is 16.3 Å². The largest absolute Gasteiger partial charge is 0.371 e. The van der Waals surface area contributed by atoms with Gasteiger partial charge < -0.3 is 10.1 Å². The summed E-state index contributed by atoms with van der Waals surface area (Å²) in [4.78, 5) is 2.68. The van der Waals surface area contributed by atoms with E-state index in [0.29, 0.717) is 13.2 Å². The molecule has 19 heavy (non-hydrogen) atoms. The van der Waals surface area contributed by atoms with Crippen LogP contribution < -0.4 is 5.32 Å². The van der Waals surface area contributed by atoms with Crippen molar-refractivity contribution in [1.82, 2.24) is 5.32 Å². The average molecular weight is 275 g/mol. The minimum Gasteiger partial charge on any atom is -0.371 e. The van der Waals surface area contributed by atoms with Crippen molar-refractivity contribution in [2.45, 2.75) is 33.1 Å². The highest BCUT2D eigenvalue weighted by atomic mass is 32.1. The Morgan fingerprint density at radius 3 is 2.58 bits per heavy atom. The van der Waals surface area contributed by atoms with Crippen LogP contribution in [0.15, 0.2) is 42.5 Å². The standard InChI is InChI=1S/C16H21NOS/c1-2-10-17-11-15-8-9-16(19-15)13-18-12-14-6-4-3-5-7-14/h3-9,17H,2,10-13H2,1H3. The Bertz CT molecular complexity index is 467. The van der Waals surface area contributed by atoms with E-state index in [1.165, 1.54) is 21.7 Å². The minimum atomic E-state index is 0.683. The molecule has 1 aromatic heterocycles. The van der Waals surface area contributed by atoms with Crippen molar-refractivity contribution in [3.8, 4) is 0 Å². The van der Waals surface area contributed by atoms with Gasteiger partial charge >= 0.3 is 0 Å². The van der Waals surface area contributed by atoms with Gasteiger partial charge in [-0.2, -0.15) is 0 Å². The van der Waals surface area contributed by atoms with Gasteiger partial charge in [0.15, 0.2) is 0 Å². The van der Waals surface area contributed by atoms with E-state index in [4.69, 9.17) is 4.74 Å². The van der Waals surface area contributed by atoms with Crippen LogP contribution in [0.5, 0.6) is 0 Å². The zero-order valence-corrected chi connectivity index (χ0v) is 12.2. The maximum absolute atomic E-state index is 5.73. The molecule has 1 aromatic carbocycles. The Balaban J connectivity index is 1.71. The summed E-state index contributed by atoms with van der Waals surface area (Å²) in [6, 6.07) is 14.7. The fraction of sp³-hybridized carbons (Fsp3) is 0.375. The lowest BCUT2D eigenvalue weighted by Gasteiger charge is -2.02. The molecule has 102 valence electrons. The normalized spacial score (nSPS) is 10.8. The summed E-state index contributed by atoms with van der Waals surface area (Å²) in [6.07, 6.45) is 1.18. The molecule has 2 aromatic rings. The Labute approximate surface area is 119 Å². The molecule has 0 spiro atoms. The topological polar surface area (TPSA) is 21.3 Å². The summed E-state index contributed by atoms with van der Waals surface area (Å²) in [5, 5.41) is 3.42. The third-order valence-corrected chi connectivity index (χ3v) is 3.86. The first-order valence-corrected chi connectivity index (χ1v) is 7.60. The molecule has 3 heteroatoms. The second-order valence-corrected chi connectivity index (χ2v) is 5.78. The number of hydrogen-bond acceptors (Lipinski definition) is 3. The van der Waals surface area contributed by atoms with Crippen LogP contribution in [-0.2, 0) is 24.5 Å². The summed E-state index contributed by atoms with van der Waals surface area (Å²) in [5.41, 5.74) is 1.23. The van der Waals surface area contributed by atoms with Gasteiger partial charge in [0.05, 0.1) is 13.2 Å². The van der Waals surface area contributed by atoms with Crippen molar-refractivity contribution in [2.24, 2.45) is 0 Å². The predicted octanol–water partition coefficient (Wildman–Crippen LogP) is 3.96. The van der Waals surface area contributed by atoms with E-state index in [9.17, 15) is 0 Å². The maximum Gasteiger partial charge on any atom is 0.0814 e. The number of rotatable bonds is 8. The highest BCUT2D eigenvalue weighted by Crippen LogP contribution is 2.17. The van der Waals surface area contributed by atoms with Crippen molar-refractivity contribution in [3.05, 3.63) is 57.8 Å². The molecule has 0 radical (unpaired) electrons. The minimum absolute atomic E-state index is 0.683. The van der Waals surface area contributed by atoms with Gasteiger partial charge in [-0.15, -0.1) is 11.3 Å². The van der Waals surface area contributed by atoms with Crippen LogP contribution in [0.25, 0.3) is 0 Å². The molecule has 1 N–H and O–H groups in total. The lowest BCUT2D eigenvalue weighted by Crippen LogP contribution is -2.12. The zero-order chi connectivity index (χ0) is 13.3. The van der Waals surface area contributed by atoms with E-state index in [0.717, 1.165) is 13.1 Å². The number of nitrogens with one attached hydrogen (secondary N) is 1. The second kappa shape index (κ2) is 8.10. The Morgan fingerprint density at radius 2 is 1.79 bits per heavy atom. The Hall–Kier alpha value is -1.16. The molecule has 0 saturated heterocycles. The maximum atomic E-state index is 5.73. The summed E-state index contributed by atoms with van der Waals surface area (Å²) in [6.45, 7) is 5.62. The molecule has 0 aliphatic rings. The average Bonchev–Trinajstić information content (AvgIpc) is 2.88. The fourth-order valence-electron chi connectivity index (χ4n) is 1.83. The molecule has 0 amide bonds. The van der Waals surface area contributed by atoms with Crippen molar-refractivity contribution in [3.63, 3.8) is 0 Å². The molecule has 0 saturated carbocycles. The lowest BCUT2D eigenvalue weighted by atomic mass is 10.2. The van der Waals surface area contributed by atoms with Gasteiger partial charge in [-0.05, 0) is 30.7 Å². The van der Waals surface area contributed by atoms with Crippen LogP contribution >= 0.6 is 11.3 Å². The van der Waals surface area contributed by atoms with Gasteiger partial charge in [-0.1, -0.05) is 37.3 Å². The van der Waals surface area contributed by atoms with E-state index in [-0.39, 0.29) is 0 Å². The number of ether oxygens (including phenoxy) is 1. The molecule has 0 atom stereocenters. The molecule has 0 bridgehead atoms. The SMILES string of the molecule is CCCNCc1ccc(COCc2ccccc2)s1. The van der Waals surface area contributed by atoms with Gasteiger partial charge in [0.25, 0.3) is 0 Å². The van der Waals surface area contributed by atoms with Crippen LogP contribution in [0, 0.1) is 0 Å². The second-order valence-electron chi connectivity index (χ2n) is 4.52. The smallest absolute Gasteiger partial charge is 0.0814 e. The third kappa shape index (κ3) is 5.15. The molecular formula is C16H21NOS. The molecule has 2 nitrogen and oxygen atoms in total. The van der Waals surface area contributed by atoms with Crippen LogP contribution in [0.1, 0.15) is 28.7 Å². The van der Waals surface area contributed by atoms with E-state index in [1.54, 1.807) is 0 Å². The number of thiophene rings is 1. The number of benzene rings is 1. The van der Waals surface area contributed by atoms with Crippen LogP contribution in [0.3, 0.4) is 0 Å². The molecule has 0 aliphatic carbocycles. The van der Waals surface area contributed by atoms with Gasteiger partial charge in [-0.3, -0.25) is 0 Å². The lowest BCUT2D eigenvalue weighted by molar-refractivity contribution is 0.109. The molecule has 2 rings (SSSR count). The molecule has 0 fully saturated rings. The Kier molecular flexibility index (Phi) is 6.08. The Morgan fingerprint density at radius 1 is 1.00 bits per heavy atom. The summed E-state index contributed by atoms with van der Waals surface area (Å²) >= 11 is 1.83. The van der Waals surface area contributed by atoms with Crippen LogP contribution in [0.4, 0.5) is 0 Å². The first kappa shape index (κ1) is 14.3. The third-order valence-electron chi connectivity index (χ3n) is 2.80. The van der Waals surface area contributed by atoms with Gasteiger partial charge in [-0.25, -0.2) is 0 Å². The van der Waals surface area contributed by atoms with Crippen molar-refractivity contribution >= 4 is 11.3 Å². The molecular weight excluding hydrogens is 254 g/mol.